The summed E-state index contributed by atoms with van der Waals surface area (Å²) < 4.78 is 5.62. The molecule has 0 atom stereocenters. The Morgan fingerprint density at radius 1 is 1.46 bits per heavy atom. The van der Waals surface area contributed by atoms with Crippen LogP contribution in [0.2, 0.25) is 0 Å². The lowest BCUT2D eigenvalue weighted by Gasteiger charge is -2.15. The maximum Gasteiger partial charge on any atom is 0.115 e. The molecular weight excluding hydrogens is 186 g/mol. The third kappa shape index (κ3) is 2.41. The smallest absolute Gasteiger partial charge is 0.115 e. The fraction of sp³-hybridized carbons (Fsp3) is 0.600. The molecule has 0 saturated heterocycles. The van der Waals surface area contributed by atoms with Gasteiger partial charge in [0.05, 0.1) is 11.6 Å². The Morgan fingerprint density at radius 2 is 2.23 bits per heavy atom. The molecule has 0 aromatic heterocycles. The second kappa shape index (κ2) is 3.62. The van der Waals surface area contributed by atoms with Crippen LogP contribution in [0.25, 0.3) is 0 Å². The third-order valence-corrected chi connectivity index (χ3v) is 2.73. The largest absolute Gasteiger partial charge is 0.496 e. The number of ether oxygens (including phenoxy) is 1. The second-order valence-electron chi connectivity index (χ2n) is 3.74. The number of allylic oxidation sites excluding steroid dienone is 4. The van der Waals surface area contributed by atoms with Gasteiger partial charge in [0.1, 0.15) is 5.76 Å². The van der Waals surface area contributed by atoms with E-state index in [1.54, 1.807) is 6.08 Å². The van der Waals surface area contributed by atoms with Crippen LogP contribution in [-0.2, 0) is 4.74 Å². The molecule has 0 aliphatic heterocycles. The van der Waals surface area contributed by atoms with E-state index in [9.17, 15) is 0 Å². The molecule has 3 heteroatoms. The first kappa shape index (κ1) is 8.95. The number of halogens is 1. The first-order chi connectivity index (χ1) is 6.25. The first-order valence-electron chi connectivity index (χ1n) is 4.73. The molecule has 0 aromatic rings. The standard InChI is InChI=1S/C10H14ClNO/c11-9-5-8(12)3-4-10(9)13-6-7-1-2-7/h5,7H,1-4,6,12H2. The molecule has 0 radical (unpaired) electrons. The molecule has 0 bridgehead atoms. The molecule has 1 fully saturated rings. The molecule has 0 unspecified atom stereocenters. The number of nitrogens with two attached hydrogens (primary N) is 1. The number of rotatable bonds is 3. The van der Waals surface area contributed by atoms with Gasteiger partial charge in [-0.2, -0.15) is 0 Å². The Morgan fingerprint density at radius 3 is 2.85 bits per heavy atom. The lowest BCUT2D eigenvalue weighted by Crippen LogP contribution is -2.07. The van der Waals surface area contributed by atoms with Gasteiger partial charge in [0.15, 0.2) is 0 Å². The summed E-state index contributed by atoms with van der Waals surface area (Å²) in [5, 5.41) is 0.685. The zero-order chi connectivity index (χ0) is 9.26. The number of hydrogen-bond donors (Lipinski definition) is 1. The van der Waals surface area contributed by atoms with Crippen LogP contribution >= 0.6 is 11.6 Å². The van der Waals surface area contributed by atoms with Crippen molar-refractivity contribution in [3.8, 4) is 0 Å². The molecule has 0 amide bonds. The Labute approximate surface area is 83.4 Å². The fourth-order valence-corrected chi connectivity index (χ4v) is 1.63. The van der Waals surface area contributed by atoms with E-state index in [1.165, 1.54) is 12.8 Å². The zero-order valence-electron chi connectivity index (χ0n) is 7.55. The minimum Gasteiger partial charge on any atom is -0.496 e. The predicted octanol–water partition coefficient (Wildman–Crippen LogP) is 2.50. The zero-order valence-corrected chi connectivity index (χ0v) is 8.31. The Bertz CT molecular complexity index is 266. The van der Waals surface area contributed by atoms with Crippen LogP contribution in [-0.4, -0.2) is 6.61 Å². The van der Waals surface area contributed by atoms with Crippen molar-refractivity contribution < 1.29 is 4.74 Å². The molecule has 2 N–H and O–H groups in total. The van der Waals surface area contributed by atoms with Crippen LogP contribution < -0.4 is 5.73 Å². The van der Waals surface area contributed by atoms with Crippen LogP contribution in [0.5, 0.6) is 0 Å². The van der Waals surface area contributed by atoms with Crippen molar-refractivity contribution in [3.63, 3.8) is 0 Å². The average molecular weight is 200 g/mol. The second-order valence-corrected chi connectivity index (χ2v) is 4.15. The summed E-state index contributed by atoms with van der Waals surface area (Å²) in [6, 6.07) is 0. The quantitative estimate of drug-likeness (QED) is 0.758. The van der Waals surface area contributed by atoms with Gasteiger partial charge in [0, 0.05) is 12.1 Å². The highest BCUT2D eigenvalue weighted by Gasteiger charge is 2.23. The fourth-order valence-electron chi connectivity index (χ4n) is 1.34. The average Bonchev–Trinajstić information content (AvgIpc) is 2.86. The summed E-state index contributed by atoms with van der Waals surface area (Å²) in [4.78, 5) is 0. The molecule has 72 valence electrons. The summed E-state index contributed by atoms with van der Waals surface area (Å²) in [5.74, 6) is 1.70. The van der Waals surface area contributed by atoms with Crippen molar-refractivity contribution in [2.45, 2.75) is 25.7 Å². The molecule has 13 heavy (non-hydrogen) atoms. The van der Waals surface area contributed by atoms with E-state index < -0.39 is 0 Å². The van der Waals surface area contributed by atoms with E-state index in [1.807, 2.05) is 0 Å². The molecule has 1 saturated carbocycles. The summed E-state index contributed by atoms with van der Waals surface area (Å²) in [5.41, 5.74) is 6.49. The van der Waals surface area contributed by atoms with E-state index in [-0.39, 0.29) is 0 Å². The number of hydrogen-bond acceptors (Lipinski definition) is 2. The van der Waals surface area contributed by atoms with Crippen LogP contribution in [0.3, 0.4) is 0 Å². The highest BCUT2D eigenvalue weighted by Crippen LogP contribution is 2.32. The lowest BCUT2D eigenvalue weighted by molar-refractivity contribution is 0.188. The van der Waals surface area contributed by atoms with Gasteiger partial charge < -0.3 is 10.5 Å². The Kier molecular flexibility index (Phi) is 2.49. The van der Waals surface area contributed by atoms with Crippen LogP contribution in [0.15, 0.2) is 22.6 Å². The van der Waals surface area contributed by atoms with Gasteiger partial charge in [-0.15, -0.1) is 0 Å². The maximum atomic E-state index is 5.98. The third-order valence-electron chi connectivity index (χ3n) is 2.41. The maximum absolute atomic E-state index is 5.98. The lowest BCUT2D eigenvalue weighted by atomic mass is 10.1. The molecule has 2 aliphatic rings. The van der Waals surface area contributed by atoms with E-state index in [2.05, 4.69) is 0 Å². The highest BCUT2D eigenvalue weighted by atomic mass is 35.5. The minimum atomic E-state index is 0.685. The minimum absolute atomic E-state index is 0.685. The van der Waals surface area contributed by atoms with E-state index >= 15 is 0 Å². The van der Waals surface area contributed by atoms with Gasteiger partial charge in [0.2, 0.25) is 0 Å². The molecule has 0 spiro atoms. The van der Waals surface area contributed by atoms with Crippen molar-refractivity contribution in [3.05, 3.63) is 22.6 Å². The van der Waals surface area contributed by atoms with Crippen LogP contribution in [0.1, 0.15) is 25.7 Å². The topological polar surface area (TPSA) is 35.2 Å². The molecule has 2 rings (SSSR count). The van der Waals surface area contributed by atoms with E-state index in [0.717, 1.165) is 36.8 Å². The normalized spacial score (nSPS) is 23.0. The Hall–Kier alpha value is -0.630. The van der Waals surface area contributed by atoms with Crippen LogP contribution in [0, 0.1) is 5.92 Å². The first-order valence-corrected chi connectivity index (χ1v) is 5.11. The van der Waals surface area contributed by atoms with Gasteiger partial charge in [-0.3, -0.25) is 0 Å². The van der Waals surface area contributed by atoms with E-state index in [4.69, 9.17) is 22.1 Å². The van der Waals surface area contributed by atoms with Crippen molar-refractivity contribution >= 4 is 11.6 Å². The monoisotopic (exact) mass is 199 g/mol. The van der Waals surface area contributed by atoms with Crippen molar-refractivity contribution in [1.82, 2.24) is 0 Å². The van der Waals surface area contributed by atoms with Crippen molar-refractivity contribution in [1.29, 1.82) is 0 Å². The Balaban J connectivity index is 1.92. The molecule has 2 aliphatic carbocycles. The van der Waals surface area contributed by atoms with Crippen molar-refractivity contribution in [2.24, 2.45) is 11.7 Å². The van der Waals surface area contributed by atoms with Gasteiger partial charge in [-0.05, 0) is 31.3 Å². The van der Waals surface area contributed by atoms with Gasteiger partial charge in [-0.1, -0.05) is 11.6 Å². The van der Waals surface area contributed by atoms with Gasteiger partial charge in [-0.25, -0.2) is 0 Å². The molecule has 0 aromatic carbocycles. The molecule has 2 nitrogen and oxygen atoms in total. The summed E-state index contributed by atoms with van der Waals surface area (Å²) in [6.45, 7) is 0.833. The highest BCUT2D eigenvalue weighted by molar-refractivity contribution is 6.31. The summed E-state index contributed by atoms with van der Waals surface area (Å²) >= 11 is 5.98. The molecular formula is C10H14ClNO. The van der Waals surface area contributed by atoms with Crippen molar-refractivity contribution in [2.75, 3.05) is 6.61 Å². The van der Waals surface area contributed by atoms with E-state index in [0.29, 0.717) is 5.03 Å². The van der Waals surface area contributed by atoms with Crippen LogP contribution in [0.4, 0.5) is 0 Å². The predicted molar refractivity (Wildman–Crippen MR) is 53.1 cm³/mol. The molecule has 0 heterocycles. The SMILES string of the molecule is NC1=CC(Cl)=C(OCC2CC2)CC1. The van der Waals surface area contributed by atoms with Gasteiger partial charge in [0.25, 0.3) is 0 Å². The summed E-state index contributed by atoms with van der Waals surface area (Å²) in [7, 11) is 0. The van der Waals surface area contributed by atoms with Gasteiger partial charge >= 0.3 is 0 Å². The summed E-state index contributed by atoms with van der Waals surface area (Å²) in [6.07, 6.45) is 6.14.